The maximum atomic E-state index is 12.8. The fraction of sp³-hybridized carbons (Fsp3) is 0.238. The number of hydrogen-bond donors (Lipinski definition) is 2. The van der Waals surface area contributed by atoms with E-state index in [4.69, 9.17) is 13.9 Å². The number of nitrogens with zero attached hydrogens (tertiary/aromatic N) is 2. The van der Waals surface area contributed by atoms with Gasteiger partial charge in [0.25, 0.3) is 0 Å². The molecule has 0 atom stereocenters. The molecule has 2 aromatic carbocycles. The van der Waals surface area contributed by atoms with E-state index >= 15 is 0 Å². The predicted molar refractivity (Wildman–Crippen MR) is 124 cm³/mol. The number of fused-ring (bicyclic) bond motifs is 1. The average molecular weight is 558 g/mol. The van der Waals surface area contributed by atoms with E-state index in [0.29, 0.717) is 41.2 Å². The van der Waals surface area contributed by atoms with Crippen LogP contribution in [0, 0.1) is 0 Å². The van der Waals surface area contributed by atoms with Gasteiger partial charge >= 0.3 is 6.61 Å². The number of aromatic nitrogens is 1. The number of aliphatic imine (C=N–C) groups is 1. The van der Waals surface area contributed by atoms with Crippen LogP contribution in [-0.2, 0) is 13.1 Å². The second kappa shape index (κ2) is 11.0. The minimum atomic E-state index is -2.96. The Balaban J connectivity index is 0.00000289. The second-order valence-corrected chi connectivity index (χ2v) is 6.48. The van der Waals surface area contributed by atoms with Crippen molar-refractivity contribution in [1.82, 2.24) is 15.6 Å². The smallest absolute Gasteiger partial charge is 0.387 e. The molecule has 0 saturated heterocycles. The summed E-state index contributed by atoms with van der Waals surface area (Å²) < 4.78 is 46.2. The Hall–Kier alpha value is -3.09. The largest absolute Gasteiger partial charge is 0.454 e. The Morgan fingerprint density at radius 2 is 1.84 bits per heavy atom. The monoisotopic (exact) mass is 558 g/mol. The van der Waals surface area contributed by atoms with E-state index in [1.807, 2.05) is 30.3 Å². The molecule has 170 valence electrons. The molecule has 0 unspecified atom stereocenters. The molecule has 1 aliphatic heterocycles. The van der Waals surface area contributed by atoms with Crippen LogP contribution in [0.2, 0.25) is 0 Å². The number of rotatable bonds is 7. The highest BCUT2D eigenvalue weighted by molar-refractivity contribution is 14.0. The first-order valence-electron chi connectivity index (χ1n) is 9.44. The zero-order chi connectivity index (χ0) is 21.6. The molecular weight excluding hydrogens is 537 g/mol. The molecule has 1 aromatic heterocycles. The van der Waals surface area contributed by atoms with Crippen molar-refractivity contribution < 1.29 is 27.4 Å². The van der Waals surface area contributed by atoms with Crippen LogP contribution in [0.1, 0.15) is 11.3 Å². The van der Waals surface area contributed by atoms with E-state index in [1.165, 1.54) is 6.07 Å². The van der Waals surface area contributed by atoms with E-state index in [2.05, 4.69) is 25.3 Å². The van der Waals surface area contributed by atoms with Crippen molar-refractivity contribution in [2.75, 3.05) is 13.8 Å². The van der Waals surface area contributed by atoms with Crippen molar-refractivity contribution in [3.8, 4) is 28.7 Å². The summed E-state index contributed by atoms with van der Waals surface area (Å²) >= 11 is 0. The lowest BCUT2D eigenvalue weighted by molar-refractivity contribution is -0.0505. The van der Waals surface area contributed by atoms with Crippen LogP contribution in [0.15, 0.2) is 58.1 Å². The molecule has 0 radical (unpaired) electrons. The maximum absolute atomic E-state index is 12.8. The SMILES string of the molecule is CN=C(NCc1coc(-c2ccccc2)n1)NCc1cc2c(cc1OC(F)F)OCO2.I. The lowest BCUT2D eigenvalue weighted by Gasteiger charge is -2.15. The van der Waals surface area contributed by atoms with Crippen molar-refractivity contribution in [3.63, 3.8) is 0 Å². The molecule has 0 saturated carbocycles. The van der Waals surface area contributed by atoms with Gasteiger partial charge in [-0.05, 0) is 18.2 Å². The number of ether oxygens (including phenoxy) is 3. The third-order valence-corrected chi connectivity index (χ3v) is 4.45. The molecular formula is C21H21F2IN4O4. The third kappa shape index (κ3) is 5.78. The van der Waals surface area contributed by atoms with E-state index in [-0.39, 0.29) is 43.1 Å². The third-order valence-electron chi connectivity index (χ3n) is 4.45. The fourth-order valence-corrected chi connectivity index (χ4v) is 2.98. The van der Waals surface area contributed by atoms with Crippen molar-refractivity contribution in [3.05, 3.63) is 60.0 Å². The first-order valence-corrected chi connectivity index (χ1v) is 9.44. The molecule has 0 spiro atoms. The highest BCUT2D eigenvalue weighted by Crippen LogP contribution is 2.38. The fourth-order valence-electron chi connectivity index (χ4n) is 2.98. The number of halogens is 3. The van der Waals surface area contributed by atoms with Gasteiger partial charge in [0.05, 0.1) is 12.2 Å². The van der Waals surface area contributed by atoms with Gasteiger partial charge in [-0.15, -0.1) is 24.0 Å². The van der Waals surface area contributed by atoms with Crippen LogP contribution < -0.4 is 24.8 Å². The van der Waals surface area contributed by atoms with Gasteiger partial charge in [-0.3, -0.25) is 4.99 Å². The van der Waals surface area contributed by atoms with Crippen molar-refractivity contribution in [2.24, 2.45) is 4.99 Å². The summed E-state index contributed by atoms with van der Waals surface area (Å²) in [4.78, 5) is 8.58. The number of nitrogens with one attached hydrogen (secondary N) is 2. The van der Waals surface area contributed by atoms with Gasteiger partial charge in [0.1, 0.15) is 12.0 Å². The van der Waals surface area contributed by atoms with E-state index in [0.717, 1.165) is 5.56 Å². The van der Waals surface area contributed by atoms with Crippen LogP contribution >= 0.6 is 24.0 Å². The van der Waals surface area contributed by atoms with Crippen LogP contribution in [0.4, 0.5) is 8.78 Å². The van der Waals surface area contributed by atoms with Crippen molar-refractivity contribution >= 4 is 29.9 Å². The topological polar surface area (TPSA) is 90.1 Å². The predicted octanol–water partition coefficient (Wildman–Crippen LogP) is 4.15. The lowest BCUT2D eigenvalue weighted by Crippen LogP contribution is -2.36. The Morgan fingerprint density at radius 3 is 2.56 bits per heavy atom. The van der Waals surface area contributed by atoms with Crippen molar-refractivity contribution in [2.45, 2.75) is 19.7 Å². The highest BCUT2D eigenvalue weighted by Gasteiger charge is 2.20. The number of guanidine groups is 1. The molecule has 3 aromatic rings. The van der Waals surface area contributed by atoms with E-state index in [9.17, 15) is 8.78 Å². The van der Waals surface area contributed by atoms with E-state index < -0.39 is 6.61 Å². The molecule has 0 amide bonds. The molecule has 2 N–H and O–H groups in total. The second-order valence-electron chi connectivity index (χ2n) is 6.48. The highest BCUT2D eigenvalue weighted by atomic mass is 127. The average Bonchev–Trinajstić information content (AvgIpc) is 3.43. The molecule has 8 nitrogen and oxygen atoms in total. The number of alkyl halides is 2. The van der Waals surface area contributed by atoms with Gasteiger partial charge in [-0.25, -0.2) is 4.98 Å². The minimum absolute atomic E-state index is 0. The van der Waals surface area contributed by atoms with Gasteiger partial charge in [0.2, 0.25) is 12.7 Å². The Morgan fingerprint density at radius 1 is 1.12 bits per heavy atom. The van der Waals surface area contributed by atoms with Crippen LogP contribution in [0.5, 0.6) is 17.2 Å². The zero-order valence-electron chi connectivity index (χ0n) is 17.0. The van der Waals surface area contributed by atoms with Gasteiger partial charge in [0.15, 0.2) is 17.5 Å². The first-order chi connectivity index (χ1) is 15.1. The molecule has 0 fully saturated rings. The molecule has 1 aliphatic rings. The van der Waals surface area contributed by atoms with E-state index in [1.54, 1.807) is 19.4 Å². The quantitative estimate of drug-likeness (QED) is 0.256. The van der Waals surface area contributed by atoms with Crippen molar-refractivity contribution in [1.29, 1.82) is 0 Å². The van der Waals surface area contributed by atoms with Gasteiger partial charge < -0.3 is 29.3 Å². The molecule has 0 aliphatic carbocycles. The van der Waals surface area contributed by atoms with Crippen LogP contribution in [-0.4, -0.2) is 31.4 Å². The Labute approximate surface area is 200 Å². The van der Waals surface area contributed by atoms with Crippen LogP contribution in [0.25, 0.3) is 11.5 Å². The molecule has 32 heavy (non-hydrogen) atoms. The summed E-state index contributed by atoms with van der Waals surface area (Å²) in [7, 11) is 1.60. The number of oxazole rings is 1. The summed E-state index contributed by atoms with van der Waals surface area (Å²) in [5, 5.41) is 6.16. The Kier molecular flexibility index (Phi) is 8.09. The summed E-state index contributed by atoms with van der Waals surface area (Å²) in [6.07, 6.45) is 1.56. The Bertz CT molecular complexity index is 1060. The lowest BCUT2D eigenvalue weighted by atomic mass is 10.1. The summed E-state index contributed by atoms with van der Waals surface area (Å²) in [5.41, 5.74) is 2.04. The normalized spacial score (nSPS) is 12.4. The summed E-state index contributed by atoms with van der Waals surface area (Å²) in [6.45, 7) is -2.39. The summed E-state index contributed by atoms with van der Waals surface area (Å²) in [5.74, 6) is 1.81. The first kappa shape index (κ1) is 23.6. The molecule has 4 rings (SSSR count). The van der Waals surface area contributed by atoms with Gasteiger partial charge in [-0.2, -0.15) is 8.78 Å². The number of hydrogen-bond acceptors (Lipinski definition) is 6. The minimum Gasteiger partial charge on any atom is -0.454 e. The van der Waals surface area contributed by atoms with Gasteiger partial charge in [0, 0.05) is 30.8 Å². The molecule has 0 bridgehead atoms. The zero-order valence-corrected chi connectivity index (χ0v) is 19.3. The number of benzene rings is 2. The molecule has 2 heterocycles. The van der Waals surface area contributed by atoms with Crippen LogP contribution in [0.3, 0.4) is 0 Å². The maximum Gasteiger partial charge on any atom is 0.387 e. The molecule has 11 heteroatoms. The van der Waals surface area contributed by atoms with Gasteiger partial charge in [-0.1, -0.05) is 18.2 Å². The summed E-state index contributed by atoms with van der Waals surface area (Å²) in [6, 6.07) is 12.5. The standard InChI is InChI=1S/C21H20F2N4O4.HI/c1-24-21(26-10-15-11-28-19(27-15)13-5-3-2-4-6-13)25-9-14-7-17-18(30-12-29-17)8-16(14)31-20(22)23;/h2-8,11,20H,9-10,12H2,1H3,(H2,24,25,26);1H.